The highest BCUT2D eigenvalue weighted by Gasteiger charge is 2.30. The second-order valence-electron chi connectivity index (χ2n) is 6.15. The number of nitrogens with one attached hydrogen (secondary N) is 1. The van der Waals surface area contributed by atoms with Crippen LogP contribution < -0.4 is 15.2 Å². The van der Waals surface area contributed by atoms with Crippen LogP contribution in [-0.4, -0.2) is 34.5 Å². The van der Waals surface area contributed by atoms with Crippen LogP contribution in [0.25, 0.3) is 0 Å². The lowest BCUT2D eigenvalue weighted by molar-refractivity contribution is -0.305. The van der Waals surface area contributed by atoms with Crippen molar-refractivity contribution < 1.29 is 24.2 Å². The maximum Gasteiger partial charge on any atom is 0.343 e. The Morgan fingerprint density at radius 1 is 1.17 bits per heavy atom. The van der Waals surface area contributed by atoms with Crippen molar-refractivity contribution in [1.82, 2.24) is 5.32 Å². The summed E-state index contributed by atoms with van der Waals surface area (Å²) in [7, 11) is 0. The van der Waals surface area contributed by atoms with Gasteiger partial charge in [0, 0.05) is 12.4 Å². The topological polar surface area (TPSA) is 120 Å². The molecule has 0 spiro atoms. The molecule has 0 aromatic heterocycles. The zero-order valence-corrected chi connectivity index (χ0v) is 16.1. The average Bonchev–Trinajstić information content (AvgIpc) is 3.02. The molecule has 1 saturated heterocycles. The van der Waals surface area contributed by atoms with Crippen molar-refractivity contribution in [3.05, 3.63) is 65.2 Å². The lowest BCUT2D eigenvalue weighted by Crippen LogP contribution is -2.31. The fourth-order valence-corrected chi connectivity index (χ4v) is 3.27. The quantitative estimate of drug-likeness (QED) is 0.331. The van der Waals surface area contributed by atoms with Crippen LogP contribution in [0.2, 0.25) is 0 Å². The number of carboxylic acid groups (broad SMARTS) is 1. The highest BCUT2D eigenvalue weighted by molar-refractivity contribution is 8.15. The third-order valence-electron chi connectivity index (χ3n) is 3.86. The van der Waals surface area contributed by atoms with E-state index in [1.807, 2.05) is 19.1 Å². The Kier molecular flexibility index (Phi) is 6.40. The Hall–Kier alpha value is -3.46. The summed E-state index contributed by atoms with van der Waals surface area (Å²) in [5, 5.41) is 20.2. The van der Waals surface area contributed by atoms with E-state index in [1.54, 1.807) is 36.4 Å². The van der Waals surface area contributed by atoms with E-state index in [2.05, 4.69) is 15.5 Å². The van der Waals surface area contributed by atoms with Crippen LogP contribution in [0.15, 0.2) is 58.7 Å². The first-order chi connectivity index (χ1) is 13.9. The molecule has 2 aromatic rings. The second kappa shape index (κ2) is 9.16. The zero-order valence-electron chi connectivity index (χ0n) is 15.3. The molecule has 2 aromatic carbocycles. The number of nitrogens with zero attached hydrogens (tertiary/aromatic N) is 2. The van der Waals surface area contributed by atoms with Gasteiger partial charge in [0.25, 0.3) is 0 Å². The highest BCUT2D eigenvalue weighted by atomic mass is 32.2. The van der Waals surface area contributed by atoms with Gasteiger partial charge in [0.15, 0.2) is 5.17 Å². The molecule has 1 aliphatic rings. The molecule has 0 saturated carbocycles. The molecule has 1 heterocycles. The highest BCUT2D eigenvalue weighted by Crippen LogP contribution is 2.22. The maximum atomic E-state index is 12.1. The van der Waals surface area contributed by atoms with Gasteiger partial charge in [0.05, 0.1) is 17.0 Å². The molecule has 0 unspecified atom stereocenters. The average molecular weight is 410 g/mol. The summed E-state index contributed by atoms with van der Waals surface area (Å²) in [6.45, 7) is 1.94. The predicted molar refractivity (Wildman–Crippen MR) is 107 cm³/mol. The molecule has 1 atom stereocenters. The maximum absolute atomic E-state index is 12.1. The van der Waals surface area contributed by atoms with E-state index in [-0.39, 0.29) is 11.6 Å². The first kappa shape index (κ1) is 20.3. The fourth-order valence-electron chi connectivity index (χ4n) is 2.36. The SMILES string of the molecule is Cc1ccc(C(=O)Oc2ccc(/C=N\N=C3\NC(=O)[C@H](CC(=O)[O-])S3)cc2)cc1. The van der Waals surface area contributed by atoms with Gasteiger partial charge in [-0.15, -0.1) is 5.10 Å². The number of rotatable bonds is 6. The minimum absolute atomic E-state index is 0.223. The van der Waals surface area contributed by atoms with E-state index >= 15 is 0 Å². The van der Waals surface area contributed by atoms with E-state index in [0.29, 0.717) is 16.9 Å². The van der Waals surface area contributed by atoms with Gasteiger partial charge >= 0.3 is 5.97 Å². The van der Waals surface area contributed by atoms with Crippen LogP contribution in [0.3, 0.4) is 0 Å². The molecule has 1 aliphatic heterocycles. The first-order valence-electron chi connectivity index (χ1n) is 8.58. The van der Waals surface area contributed by atoms with Gasteiger partial charge in [-0.2, -0.15) is 5.10 Å². The molecule has 0 radical (unpaired) electrons. The number of thioether (sulfide) groups is 1. The summed E-state index contributed by atoms with van der Waals surface area (Å²) < 4.78 is 5.32. The zero-order chi connectivity index (χ0) is 20.8. The minimum atomic E-state index is -1.30. The summed E-state index contributed by atoms with van der Waals surface area (Å²) in [4.78, 5) is 34.3. The second-order valence-corrected chi connectivity index (χ2v) is 7.34. The van der Waals surface area contributed by atoms with Gasteiger partial charge in [0.1, 0.15) is 5.75 Å². The van der Waals surface area contributed by atoms with E-state index in [1.165, 1.54) is 6.21 Å². The monoisotopic (exact) mass is 410 g/mol. The number of ether oxygens (including phenoxy) is 1. The molecular formula is C20H16N3O5S-. The number of hydrogen-bond acceptors (Lipinski definition) is 8. The number of esters is 1. The Morgan fingerprint density at radius 2 is 1.86 bits per heavy atom. The number of carbonyl (C=O) groups is 3. The molecule has 29 heavy (non-hydrogen) atoms. The Morgan fingerprint density at radius 3 is 2.52 bits per heavy atom. The number of aliphatic carboxylic acids is 1. The number of aryl methyl sites for hydroxylation is 1. The van der Waals surface area contributed by atoms with Gasteiger partial charge in [-0.1, -0.05) is 29.5 Å². The summed E-state index contributed by atoms with van der Waals surface area (Å²) >= 11 is 0.988. The minimum Gasteiger partial charge on any atom is -0.550 e. The van der Waals surface area contributed by atoms with Crippen LogP contribution in [0.5, 0.6) is 5.75 Å². The summed E-state index contributed by atoms with van der Waals surface area (Å²) in [6, 6.07) is 13.7. The van der Waals surface area contributed by atoms with Crippen molar-refractivity contribution in [1.29, 1.82) is 0 Å². The number of amidine groups is 1. The van der Waals surface area contributed by atoms with Gasteiger partial charge in [-0.25, -0.2) is 4.79 Å². The number of amides is 1. The molecule has 9 heteroatoms. The molecular weight excluding hydrogens is 394 g/mol. The number of carboxylic acids is 1. The van der Waals surface area contributed by atoms with Crippen molar-refractivity contribution in [2.75, 3.05) is 0 Å². The van der Waals surface area contributed by atoms with Gasteiger partial charge in [-0.3, -0.25) is 4.79 Å². The Balaban J connectivity index is 1.56. The number of hydrogen-bond donors (Lipinski definition) is 1. The van der Waals surface area contributed by atoms with Crippen molar-refractivity contribution in [2.24, 2.45) is 10.2 Å². The summed E-state index contributed by atoms with van der Waals surface area (Å²) in [5.41, 5.74) is 2.22. The van der Waals surface area contributed by atoms with Crippen molar-refractivity contribution >= 4 is 41.0 Å². The van der Waals surface area contributed by atoms with Gasteiger partial charge in [0.2, 0.25) is 5.91 Å². The third kappa shape index (κ3) is 5.76. The standard InChI is InChI=1S/C20H17N3O5S/c1-12-2-6-14(7-3-12)19(27)28-15-8-4-13(5-9-15)11-21-23-20-22-18(26)16(29-20)10-17(24)25/h2-9,11,16H,10H2,1H3,(H,24,25)(H,22,23,26)/p-1/b21-11-/t16-/m0/s1. The molecule has 8 nitrogen and oxygen atoms in total. The third-order valence-corrected chi connectivity index (χ3v) is 4.93. The molecule has 0 aliphatic carbocycles. The van der Waals surface area contributed by atoms with Crippen LogP contribution in [0.1, 0.15) is 27.9 Å². The van der Waals surface area contributed by atoms with E-state index in [9.17, 15) is 19.5 Å². The summed E-state index contributed by atoms with van der Waals surface area (Å²) in [6.07, 6.45) is 1.07. The summed E-state index contributed by atoms with van der Waals surface area (Å²) in [5.74, 6) is -1.79. The van der Waals surface area contributed by atoms with Crippen LogP contribution in [0.4, 0.5) is 0 Å². The van der Waals surface area contributed by atoms with Crippen molar-refractivity contribution in [3.63, 3.8) is 0 Å². The predicted octanol–water partition coefficient (Wildman–Crippen LogP) is 1.28. The van der Waals surface area contributed by atoms with Crippen LogP contribution in [-0.2, 0) is 9.59 Å². The Labute approximate surface area is 170 Å². The van der Waals surface area contributed by atoms with E-state index < -0.39 is 23.1 Å². The first-order valence-corrected chi connectivity index (χ1v) is 9.46. The molecule has 1 amide bonds. The molecule has 3 rings (SSSR count). The number of benzene rings is 2. The van der Waals surface area contributed by atoms with E-state index in [4.69, 9.17) is 4.74 Å². The number of carbonyl (C=O) groups excluding carboxylic acids is 3. The molecule has 148 valence electrons. The van der Waals surface area contributed by atoms with E-state index in [0.717, 1.165) is 17.3 Å². The lowest BCUT2D eigenvalue weighted by Gasteiger charge is -2.04. The van der Waals surface area contributed by atoms with Gasteiger partial charge < -0.3 is 20.0 Å². The molecule has 1 N–H and O–H groups in total. The largest absolute Gasteiger partial charge is 0.550 e. The van der Waals surface area contributed by atoms with Crippen LogP contribution in [0, 0.1) is 6.92 Å². The van der Waals surface area contributed by atoms with Gasteiger partial charge in [-0.05, 0) is 48.9 Å². The molecule has 0 bridgehead atoms. The molecule has 1 fully saturated rings. The Bertz CT molecular complexity index is 984. The van der Waals surface area contributed by atoms with Crippen LogP contribution >= 0.6 is 11.8 Å². The van der Waals surface area contributed by atoms with Crippen molar-refractivity contribution in [2.45, 2.75) is 18.6 Å². The normalized spacial score (nSPS) is 17.5. The smallest absolute Gasteiger partial charge is 0.343 e. The fraction of sp³-hybridized carbons (Fsp3) is 0.150. The lowest BCUT2D eigenvalue weighted by atomic mass is 10.1. The van der Waals surface area contributed by atoms with Crippen molar-refractivity contribution in [3.8, 4) is 5.75 Å².